The number of nitrogens with one attached hydrogen (secondary N) is 1. The van der Waals surface area contributed by atoms with Gasteiger partial charge < -0.3 is 19.7 Å². The molecule has 0 aliphatic carbocycles. The van der Waals surface area contributed by atoms with Crippen molar-refractivity contribution in [2.24, 2.45) is 0 Å². The van der Waals surface area contributed by atoms with Crippen LogP contribution in [0, 0.1) is 6.92 Å². The number of allylic oxidation sites excluding steroid dienone is 1. The van der Waals surface area contributed by atoms with E-state index >= 15 is 0 Å². The monoisotopic (exact) mass is 560 g/mol. The number of sulfonamides is 1. The molecule has 1 amide bonds. The number of carbonyl (C=O) groups excluding carboxylic acids is 2. The molecule has 11 heteroatoms. The number of benzene rings is 2. The molecule has 3 aromatic rings. The molecule has 0 atom stereocenters. The van der Waals surface area contributed by atoms with Crippen LogP contribution in [0.2, 0.25) is 0 Å². The molecular formula is C29H28N4O6S. The molecule has 1 aromatic heterocycles. The highest BCUT2D eigenvalue weighted by atomic mass is 32.2. The normalized spacial score (nSPS) is 15.8. The van der Waals surface area contributed by atoms with Gasteiger partial charge in [-0.1, -0.05) is 12.1 Å². The summed E-state index contributed by atoms with van der Waals surface area (Å²) >= 11 is 0. The number of rotatable bonds is 7. The lowest BCUT2D eigenvalue weighted by atomic mass is 9.94. The Hall–Kier alpha value is -4.28. The maximum Gasteiger partial charge on any atom is 0.262 e. The zero-order chi connectivity index (χ0) is 28.3. The van der Waals surface area contributed by atoms with Gasteiger partial charge in [0.25, 0.3) is 5.91 Å². The van der Waals surface area contributed by atoms with E-state index in [0.717, 1.165) is 16.7 Å². The van der Waals surface area contributed by atoms with Crippen LogP contribution in [-0.4, -0.2) is 74.3 Å². The van der Waals surface area contributed by atoms with Gasteiger partial charge >= 0.3 is 0 Å². The fourth-order valence-corrected chi connectivity index (χ4v) is 6.05. The SMILES string of the molecule is Cc1c(OCC(=O)Nc2cccc(S(=O)(=O)N3CCN(C)CC3)c2)ccc2c1OC(=C=O)C=C2c1cccnc1. The first-order valence-electron chi connectivity index (χ1n) is 12.7. The molecule has 1 N–H and O–H groups in total. The van der Waals surface area contributed by atoms with Crippen molar-refractivity contribution < 1.29 is 27.5 Å². The first-order chi connectivity index (χ1) is 19.3. The van der Waals surface area contributed by atoms with Crippen molar-refractivity contribution in [2.45, 2.75) is 11.8 Å². The molecule has 2 aliphatic rings. The van der Waals surface area contributed by atoms with Gasteiger partial charge in [-0.2, -0.15) is 4.31 Å². The second-order valence-electron chi connectivity index (χ2n) is 9.51. The van der Waals surface area contributed by atoms with Crippen molar-refractivity contribution in [1.82, 2.24) is 14.2 Å². The lowest BCUT2D eigenvalue weighted by Gasteiger charge is -2.31. The van der Waals surface area contributed by atoms with Crippen LogP contribution in [0.3, 0.4) is 0 Å². The lowest BCUT2D eigenvalue weighted by Crippen LogP contribution is -2.47. The topological polar surface area (TPSA) is 118 Å². The summed E-state index contributed by atoms with van der Waals surface area (Å²) in [6.45, 7) is 3.60. The van der Waals surface area contributed by atoms with Crippen LogP contribution in [0.25, 0.3) is 5.57 Å². The van der Waals surface area contributed by atoms with E-state index in [4.69, 9.17) is 9.47 Å². The van der Waals surface area contributed by atoms with E-state index in [9.17, 15) is 18.0 Å². The Morgan fingerprint density at radius 3 is 2.65 bits per heavy atom. The van der Waals surface area contributed by atoms with E-state index in [-0.39, 0.29) is 17.3 Å². The number of nitrogens with zero attached hydrogens (tertiary/aromatic N) is 3. The maximum atomic E-state index is 13.1. The van der Waals surface area contributed by atoms with Crippen molar-refractivity contribution in [3.8, 4) is 11.5 Å². The third-order valence-corrected chi connectivity index (χ3v) is 8.68. The van der Waals surface area contributed by atoms with E-state index in [1.165, 1.54) is 16.4 Å². The van der Waals surface area contributed by atoms with Gasteiger partial charge in [-0.3, -0.25) is 9.78 Å². The molecule has 3 heterocycles. The first kappa shape index (κ1) is 27.3. The number of anilines is 1. The quantitative estimate of drug-likeness (QED) is 0.439. The standard InChI is InChI=1S/C29H28N4O6S/c1-20-27(9-8-25-26(21-5-4-10-30-17-21)16-23(18-34)39-29(20)25)38-19-28(35)31-22-6-3-7-24(15-22)40(36,37)33-13-11-32(2)12-14-33/h3-10,15-17H,11-14,19H2,1-2H3,(H,31,35). The maximum absolute atomic E-state index is 13.1. The van der Waals surface area contributed by atoms with Crippen LogP contribution in [0.4, 0.5) is 5.69 Å². The summed E-state index contributed by atoms with van der Waals surface area (Å²) in [6.07, 6.45) is 4.97. The van der Waals surface area contributed by atoms with E-state index in [0.29, 0.717) is 48.9 Å². The van der Waals surface area contributed by atoms with E-state index < -0.39 is 15.9 Å². The predicted molar refractivity (Wildman–Crippen MR) is 149 cm³/mol. The van der Waals surface area contributed by atoms with Crippen molar-refractivity contribution in [2.75, 3.05) is 45.2 Å². The minimum Gasteiger partial charge on any atom is -0.483 e. The number of pyridine rings is 1. The number of piperazine rings is 1. The zero-order valence-corrected chi connectivity index (χ0v) is 22.9. The molecule has 5 rings (SSSR count). The molecule has 0 saturated carbocycles. The van der Waals surface area contributed by atoms with Crippen molar-refractivity contribution >= 4 is 33.1 Å². The summed E-state index contributed by atoms with van der Waals surface area (Å²) in [4.78, 5) is 30.5. The molecule has 0 unspecified atom stereocenters. The predicted octanol–water partition coefficient (Wildman–Crippen LogP) is 2.88. The second kappa shape index (κ2) is 11.4. The van der Waals surface area contributed by atoms with Crippen LogP contribution in [0.1, 0.15) is 16.7 Å². The van der Waals surface area contributed by atoms with Crippen LogP contribution in [0.15, 0.2) is 77.7 Å². The van der Waals surface area contributed by atoms with Gasteiger partial charge in [0.2, 0.25) is 15.8 Å². The molecule has 2 aliphatic heterocycles. The number of carbonyl (C=O) groups is 1. The van der Waals surface area contributed by atoms with Crippen LogP contribution in [0.5, 0.6) is 11.5 Å². The van der Waals surface area contributed by atoms with Gasteiger partial charge in [0.15, 0.2) is 12.5 Å². The first-order valence-corrected chi connectivity index (χ1v) is 14.1. The summed E-state index contributed by atoms with van der Waals surface area (Å²) in [6, 6.07) is 13.4. The number of ether oxygens (including phenoxy) is 2. The zero-order valence-electron chi connectivity index (χ0n) is 22.1. The highest BCUT2D eigenvalue weighted by Crippen LogP contribution is 2.42. The Morgan fingerprint density at radius 2 is 1.93 bits per heavy atom. The Labute approximate surface area is 232 Å². The summed E-state index contributed by atoms with van der Waals surface area (Å²) in [5.41, 5.74) is 3.27. The van der Waals surface area contributed by atoms with Gasteiger partial charge in [-0.15, -0.1) is 0 Å². The summed E-state index contributed by atoms with van der Waals surface area (Å²) < 4.78 is 39.2. The molecule has 2 aromatic carbocycles. The van der Waals surface area contributed by atoms with Gasteiger partial charge in [0.1, 0.15) is 11.5 Å². The van der Waals surface area contributed by atoms with Crippen LogP contribution in [-0.2, 0) is 19.6 Å². The van der Waals surface area contributed by atoms with E-state index in [1.807, 2.05) is 13.1 Å². The Morgan fingerprint density at radius 1 is 1.12 bits per heavy atom. The van der Waals surface area contributed by atoms with Crippen molar-refractivity contribution in [3.63, 3.8) is 0 Å². The molecule has 0 spiro atoms. The number of fused-ring (bicyclic) bond motifs is 1. The molecule has 0 bridgehead atoms. The van der Waals surface area contributed by atoms with Crippen molar-refractivity contribution in [1.29, 1.82) is 0 Å². The number of hydrogen-bond acceptors (Lipinski definition) is 8. The third-order valence-electron chi connectivity index (χ3n) is 6.78. The fourth-order valence-electron chi connectivity index (χ4n) is 4.59. The summed E-state index contributed by atoms with van der Waals surface area (Å²) in [5, 5.41) is 2.70. The van der Waals surface area contributed by atoms with E-state index in [1.54, 1.807) is 61.7 Å². The van der Waals surface area contributed by atoms with Gasteiger partial charge in [0.05, 0.1) is 4.90 Å². The highest BCUT2D eigenvalue weighted by Gasteiger charge is 2.28. The minimum atomic E-state index is -3.67. The fraction of sp³-hybridized carbons (Fsp3) is 0.241. The van der Waals surface area contributed by atoms with Gasteiger partial charge in [-0.05, 0) is 55.9 Å². The molecule has 40 heavy (non-hydrogen) atoms. The lowest BCUT2D eigenvalue weighted by molar-refractivity contribution is -0.118. The second-order valence-corrected chi connectivity index (χ2v) is 11.4. The number of hydrogen-bond donors (Lipinski definition) is 1. The average molecular weight is 561 g/mol. The Bertz CT molecular complexity index is 1620. The Kier molecular flexibility index (Phi) is 7.81. The Balaban J connectivity index is 1.28. The number of amides is 1. The molecule has 1 saturated heterocycles. The third kappa shape index (κ3) is 5.68. The number of aromatic nitrogens is 1. The van der Waals surface area contributed by atoms with Gasteiger partial charge in [0, 0.05) is 67.0 Å². The molecule has 206 valence electrons. The van der Waals surface area contributed by atoms with E-state index in [2.05, 4.69) is 15.2 Å². The van der Waals surface area contributed by atoms with Crippen LogP contribution >= 0.6 is 0 Å². The molecule has 1 fully saturated rings. The summed E-state index contributed by atoms with van der Waals surface area (Å²) in [5.74, 6) is 2.19. The molecule has 0 radical (unpaired) electrons. The minimum absolute atomic E-state index is 0.0238. The molecular weight excluding hydrogens is 532 g/mol. The van der Waals surface area contributed by atoms with Crippen molar-refractivity contribution in [3.05, 3.63) is 89.5 Å². The molecule has 10 nitrogen and oxygen atoms in total. The summed E-state index contributed by atoms with van der Waals surface area (Å²) in [7, 11) is -1.72. The highest BCUT2D eigenvalue weighted by molar-refractivity contribution is 7.89. The van der Waals surface area contributed by atoms with Gasteiger partial charge in [-0.25, -0.2) is 13.2 Å². The number of likely N-dealkylation sites (N-methyl/N-ethyl adjacent to an activating group) is 1. The smallest absolute Gasteiger partial charge is 0.262 e. The average Bonchev–Trinajstić information content (AvgIpc) is 2.97. The largest absolute Gasteiger partial charge is 0.483 e. The van der Waals surface area contributed by atoms with Crippen LogP contribution < -0.4 is 14.8 Å².